The second-order valence-corrected chi connectivity index (χ2v) is 17.8. The first-order chi connectivity index (χ1) is 31.1. The van der Waals surface area contributed by atoms with Crippen molar-refractivity contribution in [2.24, 2.45) is 23.5 Å². The molecule has 2 fully saturated rings. The Labute approximate surface area is 389 Å². The van der Waals surface area contributed by atoms with Gasteiger partial charge in [0.25, 0.3) is 0 Å². The van der Waals surface area contributed by atoms with E-state index in [1.165, 1.54) is 0 Å². The standard InChI is InChI=1S/C48H79NO17/c1-7-8-9-10-11-12-13-14-15-16-17-18-27(2)44(58)29(4)30(5)64-41(57)25-33(51)22-32(50)19-20-35(53)36(54)23-34(52)24-37(55)39-26-38(56)42(47(61)62)40(66-39)21-28(3)63-48-46(60)43(49)45(59)31(6)65-48/h7-18,27-40,42-46,48,50-56,58-60H,19-26,49H2,1-6H3,(H,61,62)/b8-7+,10-9+,12-11+,14-13+,16-15+,18-17+/t27-,28-,29-,30-,31+,32+,33+,34-,35+,36+,37-,38-,39?,40-,42+,43-,44+,45+,46-,48+/m0/s1. The Morgan fingerprint density at radius 1 is 0.742 bits per heavy atom. The van der Waals surface area contributed by atoms with E-state index < -0.39 is 141 Å². The SMILES string of the molecule is C/C=C/C=C/C=C/C=C/C=C/C=C/[C@H](C)[C@@H](O)[C@@H](C)[C@H](C)OC(=O)C[C@H](O)C[C@H](O)CC[C@@H](O)[C@H](O)C[C@H](O)C[C@H](O)C1C[C@H](O)[C@@H](C(=O)O)[C@H](C[C@H](C)O[C@@H]2O[C@H](C)[C@@H](O)[C@H](N)[C@@H]2O)O1. The van der Waals surface area contributed by atoms with Crippen molar-refractivity contribution in [3.63, 3.8) is 0 Å². The average Bonchev–Trinajstić information content (AvgIpc) is 3.24. The number of aliphatic carboxylic acids is 1. The number of carboxylic acids is 1. The highest BCUT2D eigenvalue weighted by molar-refractivity contribution is 5.71. The topological polar surface area (TPSA) is 320 Å². The summed E-state index contributed by atoms with van der Waals surface area (Å²) in [5, 5.41) is 116. The fourth-order valence-corrected chi connectivity index (χ4v) is 7.89. The minimum absolute atomic E-state index is 0.0764. The number of ether oxygens (including phenoxy) is 4. The summed E-state index contributed by atoms with van der Waals surface area (Å²) >= 11 is 0. The van der Waals surface area contributed by atoms with Gasteiger partial charge in [0.05, 0.1) is 91.8 Å². The van der Waals surface area contributed by atoms with E-state index in [4.69, 9.17) is 24.7 Å². The molecule has 0 amide bonds. The zero-order valence-corrected chi connectivity index (χ0v) is 39.1. The fraction of sp³-hybridized carbons (Fsp3) is 0.708. The lowest BCUT2D eigenvalue weighted by Gasteiger charge is -2.43. The third-order valence-corrected chi connectivity index (χ3v) is 12.1. The van der Waals surface area contributed by atoms with Crippen molar-refractivity contribution in [3.05, 3.63) is 72.9 Å². The Morgan fingerprint density at radius 2 is 1.33 bits per heavy atom. The van der Waals surface area contributed by atoms with Gasteiger partial charge in [-0.3, -0.25) is 9.59 Å². The molecule has 378 valence electrons. The molecule has 2 aliphatic heterocycles. The molecule has 2 saturated heterocycles. The van der Waals surface area contributed by atoms with Crippen LogP contribution < -0.4 is 5.73 Å². The molecule has 1 unspecified atom stereocenters. The largest absolute Gasteiger partial charge is 0.481 e. The number of rotatable bonds is 28. The summed E-state index contributed by atoms with van der Waals surface area (Å²) < 4.78 is 22.7. The Morgan fingerprint density at radius 3 is 1.92 bits per heavy atom. The lowest BCUT2D eigenvalue weighted by Crippen LogP contribution is -2.61. The maximum Gasteiger partial charge on any atom is 0.311 e. The van der Waals surface area contributed by atoms with Crippen LogP contribution in [0, 0.1) is 17.8 Å². The van der Waals surface area contributed by atoms with Crippen molar-refractivity contribution in [1.29, 1.82) is 0 Å². The number of aliphatic hydroxyl groups excluding tert-OH is 10. The quantitative estimate of drug-likeness (QED) is 0.0388. The maximum absolute atomic E-state index is 12.6. The van der Waals surface area contributed by atoms with Crippen molar-refractivity contribution >= 4 is 11.9 Å². The van der Waals surface area contributed by atoms with Gasteiger partial charge in [-0.1, -0.05) is 86.8 Å². The zero-order chi connectivity index (χ0) is 49.7. The predicted octanol–water partition coefficient (Wildman–Crippen LogP) is 1.22. The van der Waals surface area contributed by atoms with Gasteiger partial charge in [0, 0.05) is 37.5 Å². The van der Waals surface area contributed by atoms with E-state index >= 15 is 0 Å². The number of nitrogens with two attached hydrogens (primary N) is 1. The number of hydrogen-bond acceptors (Lipinski definition) is 17. The molecule has 0 saturated carbocycles. The van der Waals surface area contributed by atoms with E-state index in [0.717, 1.165) is 0 Å². The molecule has 20 atom stereocenters. The first kappa shape index (κ1) is 58.9. The summed E-state index contributed by atoms with van der Waals surface area (Å²) in [7, 11) is 0. The number of carbonyl (C=O) groups is 2. The highest BCUT2D eigenvalue weighted by atomic mass is 16.7. The number of carbonyl (C=O) groups excluding carboxylic acids is 1. The lowest BCUT2D eigenvalue weighted by atomic mass is 9.84. The highest BCUT2D eigenvalue weighted by Crippen LogP contribution is 2.33. The number of hydrogen-bond donors (Lipinski definition) is 12. The summed E-state index contributed by atoms with van der Waals surface area (Å²) in [5.41, 5.74) is 5.88. The number of carboxylic acid groups (broad SMARTS) is 1. The summed E-state index contributed by atoms with van der Waals surface area (Å²) in [6.45, 7) is 10.3. The Balaban J connectivity index is 1.77. The van der Waals surface area contributed by atoms with Gasteiger partial charge in [0.15, 0.2) is 6.29 Å². The van der Waals surface area contributed by atoms with Crippen LogP contribution in [0.15, 0.2) is 72.9 Å². The maximum atomic E-state index is 12.6. The number of esters is 1. The van der Waals surface area contributed by atoms with Crippen LogP contribution >= 0.6 is 0 Å². The van der Waals surface area contributed by atoms with Crippen molar-refractivity contribution in [2.75, 3.05) is 0 Å². The normalized spacial score (nSPS) is 30.7. The van der Waals surface area contributed by atoms with Crippen LogP contribution in [0.3, 0.4) is 0 Å². The van der Waals surface area contributed by atoms with Gasteiger partial charge in [0.1, 0.15) is 18.1 Å². The molecule has 2 heterocycles. The van der Waals surface area contributed by atoms with Gasteiger partial charge in [0.2, 0.25) is 0 Å². The molecule has 13 N–H and O–H groups in total. The average molecular weight is 942 g/mol. The van der Waals surface area contributed by atoms with Crippen LogP contribution in [0.25, 0.3) is 0 Å². The van der Waals surface area contributed by atoms with E-state index in [1.54, 1.807) is 27.7 Å². The van der Waals surface area contributed by atoms with Crippen LogP contribution in [-0.4, -0.2) is 172 Å². The summed E-state index contributed by atoms with van der Waals surface area (Å²) in [6.07, 6.45) is 1.80. The molecule has 0 aromatic rings. The molecule has 0 aliphatic carbocycles. The Bertz CT molecular complexity index is 1590. The molecule has 18 heteroatoms. The predicted molar refractivity (Wildman–Crippen MR) is 244 cm³/mol. The van der Waals surface area contributed by atoms with Crippen molar-refractivity contribution < 1.29 is 84.7 Å². The van der Waals surface area contributed by atoms with Gasteiger partial charge in [-0.25, -0.2) is 0 Å². The lowest BCUT2D eigenvalue weighted by molar-refractivity contribution is -0.283. The van der Waals surface area contributed by atoms with Crippen LogP contribution in [0.4, 0.5) is 0 Å². The van der Waals surface area contributed by atoms with E-state index in [9.17, 15) is 65.8 Å². The van der Waals surface area contributed by atoms with Crippen molar-refractivity contribution in [3.8, 4) is 0 Å². The van der Waals surface area contributed by atoms with E-state index in [-0.39, 0.29) is 44.4 Å². The van der Waals surface area contributed by atoms with E-state index in [1.807, 2.05) is 86.8 Å². The molecular weight excluding hydrogens is 863 g/mol. The first-order valence-electron chi connectivity index (χ1n) is 23.0. The first-order valence-corrected chi connectivity index (χ1v) is 23.0. The minimum atomic E-state index is -1.49. The smallest absolute Gasteiger partial charge is 0.311 e. The van der Waals surface area contributed by atoms with Gasteiger partial charge < -0.3 is 80.9 Å². The van der Waals surface area contributed by atoms with Crippen LogP contribution in [0.2, 0.25) is 0 Å². The zero-order valence-electron chi connectivity index (χ0n) is 39.1. The van der Waals surface area contributed by atoms with Crippen LogP contribution in [-0.2, 0) is 28.5 Å². The number of allylic oxidation sites excluding steroid dienone is 11. The second kappa shape index (κ2) is 30.3. The third-order valence-electron chi connectivity index (χ3n) is 12.1. The molecular formula is C48H79NO17. The molecule has 0 aromatic heterocycles. The highest BCUT2D eigenvalue weighted by Gasteiger charge is 2.47. The summed E-state index contributed by atoms with van der Waals surface area (Å²) in [6, 6.07) is -1.06. The van der Waals surface area contributed by atoms with Gasteiger partial charge >= 0.3 is 11.9 Å². The van der Waals surface area contributed by atoms with Gasteiger partial charge in [-0.05, 0) is 47.0 Å². The Kier molecular flexibility index (Phi) is 27.1. The van der Waals surface area contributed by atoms with E-state index in [2.05, 4.69) is 0 Å². The molecule has 0 aromatic carbocycles. The summed E-state index contributed by atoms with van der Waals surface area (Å²) in [4.78, 5) is 24.7. The van der Waals surface area contributed by atoms with Gasteiger partial charge in [-0.2, -0.15) is 0 Å². The van der Waals surface area contributed by atoms with Gasteiger partial charge in [-0.15, -0.1) is 0 Å². The second-order valence-electron chi connectivity index (χ2n) is 17.8. The Hall–Kier alpha value is -3.18. The fourth-order valence-electron chi connectivity index (χ4n) is 7.89. The molecule has 0 radical (unpaired) electrons. The third kappa shape index (κ3) is 20.6. The van der Waals surface area contributed by atoms with E-state index in [0.29, 0.717) is 0 Å². The van der Waals surface area contributed by atoms with Crippen LogP contribution in [0.1, 0.15) is 92.9 Å². The minimum Gasteiger partial charge on any atom is -0.481 e. The van der Waals surface area contributed by atoms with Crippen LogP contribution in [0.5, 0.6) is 0 Å². The number of aliphatic hydroxyl groups is 10. The monoisotopic (exact) mass is 942 g/mol. The molecule has 0 spiro atoms. The molecule has 66 heavy (non-hydrogen) atoms. The van der Waals surface area contributed by atoms with Crippen molar-refractivity contribution in [2.45, 2.75) is 197 Å². The molecule has 18 nitrogen and oxygen atoms in total. The molecule has 0 bridgehead atoms. The molecule has 2 aliphatic rings. The summed E-state index contributed by atoms with van der Waals surface area (Å²) in [5.74, 6) is -4.17. The van der Waals surface area contributed by atoms with Crippen molar-refractivity contribution in [1.82, 2.24) is 0 Å². The molecule has 2 rings (SSSR count).